The van der Waals surface area contributed by atoms with E-state index in [2.05, 4.69) is 4.74 Å². The van der Waals surface area contributed by atoms with Gasteiger partial charge in [0.05, 0.1) is 119 Å². The standard InChI is InChI=1S/C28H46O13/c1-31-28(30)25-40-21-20-38-17-16-36-13-12-34-9-8-32-6-7-33-10-11-35-14-15-37-18-19-39-22-23-41-27-4-2-26(24-29)3-5-27/h2-5,24H,6-23,25H2,1H3. The van der Waals surface area contributed by atoms with E-state index >= 15 is 0 Å². The Bertz CT molecular complexity index is 717. The smallest absolute Gasteiger partial charge is 0.331 e. The number of methoxy groups -OCH3 is 1. The summed E-state index contributed by atoms with van der Waals surface area (Å²) in [7, 11) is 1.31. The number of carbonyl (C=O) groups excluding carboxylic acids is 2. The van der Waals surface area contributed by atoms with Crippen molar-refractivity contribution in [1.82, 2.24) is 0 Å². The molecule has 41 heavy (non-hydrogen) atoms. The lowest BCUT2D eigenvalue weighted by Gasteiger charge is -2.09. The van der Waals surface area contributed by atoms with Gasteiger partial charge in [0.15, 0.2) is 0 Å². The molecule has 0 unspecified atom stereocenters. The van der Waals surface area contributed by atoms with Gasteiger partial charge in [0.1, 0.15) is 25.2 Å². The maximum Gasteiger partial charge on any atom is 0.331 e. The zero-order valence-electron chi connectivity index (χ0n) is 24.1. The first-order valence-electron chi connectivity index (χ1n) is 13.7. The van der Waals surface area contributed by atoms with Crippen molar-refractivity contribution in [3.63, 3.8) is 0 Å². The highest BCUT2D eigenvalue weighted by Crippen LogP contribution is 2.10. The second-order valence-electron chi connectivity index (χ2n) is 8.06. The van der Waals surface area contributed by atoms with E-state index in [1.54, 1.807) is 24.3 Å². The zero-order chi connectivity index (χ0) is 29.5. The fraction of sp³-hybridized carbons (Fsp3) is 0.714. The summed E-state index contributed by atoms with van der Waals surface area (Å²) in [6.07, 6.45) is 0.794. The lowest BCUT2D eigenvalue weighted by molar-refractivity contribution is -0.146. The van der Waals surface area contributed by atoms with Crippen LogP contribution in [-0.4, -0.2) is 145 Å². The molecular formula is C28H46O13. The summed E-state index contributed by atoms with van der Waals surface area (Å²) < 4.78 is 58.4. The number of esters is 1. The first-order chi connectivity index (χ1) is 20.3. The van der Waals surface area contributed by atoms with Gasteiger partial charge in [-0.25, -0.2) is 4.79 Å². The average Bonchev–Trinajstić information content (AvgIpc) is 3.00. The van der Waals surface area contributed by atoms with E-state index in [4.69, 9.17) is 47.4 Å². The minimum absolute atomic E-state index is 0.0725. The predicted molar refractivity (Wildman–Crippen MR) is 147 cm³/mol. The summed E-state index contributed by atoms with van der Waals surface area (Å²) in [6, 6.07) is 6.92. The Balaban J connectivity index is 1.66. The third-order valence-corrected chi connectivity index (χ3v) is 4.94. The molecule has 0 amide bonds. The molecular weight excluding hydrogens is 544 g/mol. The number of hydrogen-bond donors (Lipinski definition) is 0. The minimum Gasteiger partial charge on any atom is -0.491 e. The van der Waals surface area contributed by atoms with Gasteiger partial charge in [-0.1, -0.05) is 0 Å². The molecule has 13 heteroatoms. The van der Waals surface area contributed by atoms with Crippen molar-refractivity contribution in [3.8, 4) is 5.75 Å². The molecule has 0 N–H and O–H groups in total. The molecule has 13 nitrogen and oxygen atoms in total. The molecule has 1 aromatic rings. The van der Waals surface area contributed by atoms with Crippen LogP contribution in [0.15, 0.2) is 24.3 Å². The maximum absolute atomic E-state index is 10.8. The molecule has 0 aliphatic rings. The Labute approximate surface area is 242 Å². The predicted octanol–water partition coefficient (Wildman–Crippen LogP) is 1.20. The number of carbonyl (C=O) groups is 2. The Kier molecular flexibility index (Phi) is 26.3. The van der Waals surface area contributed by atoms with Crippen LogP contribution in [0, 0.1) is 0 Å². The van der Waals surface area contributed by atoms with E-state index in [-0.39, 0.29) is 6.61 Å². The van der Waals surface area contributed by atoms with E-state index in [9.17, 15) is 9.59 Å². The lowest BCUT2D eigenvalue weighted by Crippen LogP contribution is -2.16. The highest BCUT2D eigenvalue weighted by molar-refractivity contribution is 5.74. The molecule has 0 saturated heterocycles. The van der Waals surface area contributed by atoms with Crippen molar-refractivity contribution >= 4 is 12.3 Å². The summed E-state index contributed by atoms with van der Waals surface area (Å²) in [5.41, 5.74) is 0.615. The molecule has 0 aliphatic heterocycles. The Morgan fingerprint density at radius 2 is 0.829 bits per heavy atom. The van der Waals surface area contributed by atoms with Crippen molar-refractivity contribution in [1.29, 1.82) is 0 Å². The highest BCUT2D eigenvalue weighted by atomic mass is 16.6. The van der Waals surface area contributed by atoms with E-state index in [0.29, 0.717) is 130 Å². The van der Waals surface area contributed by atoms with E-state index in [1.165, 1.54) is 7.11 Å². The van der Waals surface area contributed by atoms with Gasteiger partial charge in [-0.05, 0) is 24.3 Å². The average molecular weight is 591 g/mol. The SMILES string of the molecule is COC(=O)COCCOCCOCCOCCOCCOCCOCCOCCOCCOc1ccc(C=O)cc1. The first-order valence-corrected chi connectivity index (χ1v) is 13.7. The largest absolute Gasteiger partial charge is 0.491 e. The summed E-state index contributed by atoms with van der Waals surface area (Å²) in [6.45, 7) is 8.22. The third kappa shape index (κ3) is 25.3. The topological polar surface area (TPSA) is 136 Å². The third-order valence-electron chi connectivity index (χ3n) is 4.94. The number of aldehydes is 1. The number of ether oxygens (including phenoxy) is 11. The zero-order valence-corrected chi connectivity index (χ0v) is 24.1. The van der Waals surface area contributed by atoms with Crippen molar-refractivity contribution in [2.24, 2.45) is 0 Å². The molecule has 0 radical (unpaired) electrons. The van der Waals surface area contributed by atoms with Crippen molar-refractivity contribution in [3.05, 3.63) is 29.8 Å². The molecule has 0 spiro atoms. The van der Waals surface area contributed by atoms with E-state index < -0.39 is 5.97 Å². The van der Waals surface area contributed by atoms with Crippen LogP contribution in [0.4, 0.5) is 0 Å². The van der Waals surface area contributed by atoms with E-state index in [0.717, 1.165) is 6.29 Å². The van der Waals surface area contributed by atoms with Gasteiger partial charge in [0.2, 0.25) is 0 Å². The molecule has 0 fully saturated rings. The molecule has 236 valence electrons. The summed E-state index contributed by atoms with van der Waals surface area (Å²) in [4.78, 5) is 21.5. The second-order valence-corrected chi connectivity index (χ2v) is 8.06. The lowest BCUT2D eigenvalue weighted by atomic mass is 10.2. The van der Waals surface area contributed by atoms with Crippen molar-refractivity contribution in [2.45, 2.75) is 0 Å². The minimum atomic E-state index is -0.410. The number of rotatable bonds is 31. The maximum atomic E-state index is 10.8. The van der Waals surface area contributed by atoms with Crippen LogP contribution in [0.5, 0.6) is 5.75 Å². The molecule has 0 atom stereocenters. The summed E-state index contributed by atoms with van der Waals surface area (Å²) in [5.74, 6) is 0.290. The van der Waals surface area contributed by atoms with Gasteiger partial charge in [-0.15, -0.1) is 0 Å². The molecule has 0 aliphatic carbocycles. The highest BCUT2D eigenvalue weighted by Gasteiger charge is 1.99. The first kappa shape index (κ1) is 36.8. The van der Waals surface area contributed by atoms with Crippen LogP contribution in [-0.2, 0) is 52.2 Å². The quantitative estimate of drug-likeness (QED) is 0.0697. The molecule has 0 aromatic heterocycles. The Hall–Kier alpha value is -2.20. The molecule has 0 bridgehead atoms. The normalized spacial score (nSPS) is 11.0. The molecule has 0 heterocycles. The second kappa shape index (κ2) is 29.3. The van der Waals surface area contributed by atoms with Gasteiger partial charge in [-0.3, -0.25) is 4.79 Å². The van der Waals surface area contributed by atoms with Crippen LogP contribution in [0.25, 0.3) is 0 Å². The van der Waals surface area contributed by atoms with Gasteiger partial charge < -0.3 is 52.1 Å². The molecule has 1 rings (SSSR count). The van der Waals surface area contributed by atoms with Crippen LogP contribution >= 0.6 is 0 Å². The van der Waals surface area contributed by atoms with Crippen molar-refractivity contribution in [2.75, 3.05) is 133 Å². The fourth-order valence-corrected chi connectivity index (χ4v) is 2.83. The Morgan fingerprint density at radius 3 is 1.15 bits per heavy atom. The number of hydrogen-bond acceptors (Lipinski definition) is 13. The molecule has 0 saturated carbocycles. The summed E-state index contributed by atoms with van der Waals surface area (Å²) >= 11 is 0. The monoisotopic (exact) mass is 590 g/mol. The fourth-order valence-electron chi connectivity index (χ4n) is 2.83. The van der Waals surface area contributed by atoms with Gasteiger partial charge in [0, 0.05) is 5.56 Å². The van der Waals surface area contributed by atoms with Gasteiger partial charge in [-0.2, -0.15) is 0 Å². The van der Waals surface area contributed by atoms with Crippen molar-refractivity contribution < 1.29 is 61.7 Å². The van der Waals surface area contributed by atoms with Crippen LogP contribution in [0.1, 0.15) is 10.4 Å². The number of benzene rings is 1. The molecule has 1 aromatic carbocycles. The van der Waals surface area contributed by atoms with Crippen LogP contribution in [0.3, 0.4) is 0 Å². The van der Waals surface area contributed by atoms with Crippen LogP contribution < -0.4 is 4.74 Å². The van der Waals surface area contributed by atoms with Gasteiger partial charge >= 0.3 is 5.97 Å². The Morgan fingerprint density at radius 1 is 0.512 bits per heavy atom. The van der Waals surface area contributed by atoms with Crippen LogP contribution in [0.2, 0.25) is 0 Å². The van der Waals surface area contributed by atoms with Gasteiger partial charge in [0.25, 0.3) is 0 Å². The van der Waals surface area contributed by atoms with E-state index in [1.807, 2.05) is 0 Å². The summed E-state index contributed by atoms with van der Waals surface area (Å²) in [5, 5.41) is 0.